The first-order valence-corrected chi connectivity index (χ1v) is 7.21. The average Bonchev–Trinajstić information content (AvgIpc) is 2.54. The molecule has 1 N–H and O–H groups in total. The maximum atomic E-state index is 11.9. The van der Waals surface area contributed by atoms with E-state index in [1.54, 1.807) is 12.4 Å². The lowest BCUT2D eigenvalue weighted by Gasteiger charge is -2.18. The first-order chi connectivity index (χ1) is 10.3. The van der Waals surface area contributed by atoms with E-state index >= 15 is 0 Å². The molecule has 0 fully saturated rings. The number of carbonyl (C=O) groups is 1. The summed E-state index contributed by atoms with van der Waals surface area (Å²) in [5.41, 5.74) is 3.27. The van der Waals surface area contributed by atoms with E-state index in [1.165, 1.54) is 5.56 Å². The van der Waals surface area contributed by atoms with Gasteiger partial charge in [-0.15, -0.1) is 0 Å². The number of hydrogen-bond acceptors (Lipinski definition) is 3. The number of benzene rings is 1. The molecule has 1 amide bonds. The first kappa shape index (κ1) is 13.6. The minimum Gasteiger partial charge on any atom is -0.493 e. The lowest BCUT2D eigenvalue weighted by molar-refractivity contribution is -0.120. The second-order valence-corrected chi connectivity index (χ2v) is 5.21. The van der Waals surface area contributed by atoms with Gasteiger partial charge in [0.05, 0.1) is 13.0 Å². The highest BCUT2D eigenvalue weighted by molar-refractivity contribution is 5.78. The van der Waals surface area contributed by atoms with E-state index in [0.29, 0.717) is 13.0 Å². The van der Waals surface area contributed by atoms with Crippen molar-refractivity contribution in [2.45, 2.75) is 25.8 Å². The summed E-state index contributed by atoms with van der Waals surface area (Å²) in [5, 5.41) is 2.95. The van der Waals surface area contributed by atoms with Gasteiger partial charge in [0, 0.05) is 18.9 Å². The molecule has 0 saturated heterocycles. The Morgan fingerprint density at radius 3 is 3.10 bits per heavy atom. The predicted molar refractivity (Wildman–Crippen MR) is 80.0 cm³/mol. The molecule has 4 heteroatoms. The number of nitrogens with zero attached hydrogens (tertiary/aromatic N) is 1. The minimum atomic E-state index is 0.0111. The molecule has 4 nitrogen and oxygen atoms in total. The zero-order valence-corrected chi connectivity index (χ0v) is 11.8. The van der Waals surface area contributed by atoms with Crippen molar-refractivity contribution in [3.8, 4) is 5.75 Å². The van der Waals surface area contributed by atoms with Crippen LogP contribution in [0.1, 0.15) is 23.1 Å². The Bertz CT molecular complexity index is 626. The number of aromatic nitrogens is 1. The topological polar surface area (TPSA) is 51.2 Å². The van der Waals surface area contributed by atoms with Crippen LogP contribution in [-0.2, 0) is 24.2 Å². The monoisotopic (exact) mass is 282 g/mol. The van der Waals surface area contributed by atoms with Crippen molar-refractivity contribution in [1.82, 2.24) is 10.3 Å². The highest BCUT2D eigenvalue weighted by Gasteiger charge is 2.11. The van der Waals surface area contributed by atoms with Crippen LogP contribution in [-0.4, -0.2) is 17.5 Å². The quantitative estimate of drug-likeness (QED) is 0.936. The fourth-order valence-corrected chi connectivity index (χ4v) is 2.47. The van der Waals surface area contributed by atoms with E-state index in [0.717, 1.165) is 36.3 Å². The average molecular weight is 282 g/mol. The highest BCUT2D eigenvalue weighted by Crippen LogP contribution is 2.25. The van der Waals surface area contributed by atoms with Crippen LogP contribution in [0.4, 0.5) is 0 Å². The van der Waals surface area contributed by atoms with E-state index in [9.17, 15) is 4.79 Å². The Balaban J connectivity index is 1.56. The van der Waals surface area contributed by atoms with Crippen molar-refractivity contribution < 1.29 is 9.53 Å². The Labute approximate surface area is 124 Å². The lowest BCUT2D eigenvalue weighted by atomic mass is 10.0. The Morgan fingerprint density at radius 2 is 2.24 bits per heavy atom. The third kappa shape index (κ3) is 3.60. The Morgan fingerprint density at radius 1 is 1.29 bits per heavy atom. The van der Waals surface area contributed by atoms with Crippen molar-refractivity contribution in [2.24, 2.45) is 0 Å². The SMILES string of the molecule is O=C(Cc1cccnc1)NCc1ccc2c(c1)CCCO2. The van der Waals surface area contributed by atoms with Gasteiger partial charge in [-0.25, -0.2) is 0 Å². The van der Waals surface area contributed by atoms with Crippen LogP contribution < -0.4 is 10.1 Å². The van der Waals surface area contributed by atoms with Gasteiger partial charge in [0.15, 0.2) is 0 Å². The Kier molecular flexibility index (Phi) is 4.15. The molecule has 21 heavy (non-hydrogen) atoms. The third-order valence-electron chi connectivity index (χ3n) is 3.55. The summed E-state index contributed by atoms with van der Waals surface area (Å²) in [6.45, 7) is 1.35. The number of fused-ring (bicyclic) bond motifs is 1. The zero-order valence-electron chi connectivity index (χ0n) is 11.8. The van der Waals surface area contributed by atoms with E-state index in [2.05, 4.69) is 16.4 Å². The van der Waals surface area contributed by atoms with Crippen LogP contribution in [0.2, 0.25) is 0 Å². The molecule has 0 spiro atoms. The van der Waals surface area contributed by atoms with E-state index < -0.39 is 0 Å². The first-order valence-electron chi connectivity index (χ1n) is 7.21. The van der Waals surface area contributed by atoms with Crippen LogP contribution in [0.15, 0.2) is 42.7 Å². The molecule has 1 aliphatic rings. The van der Waals surface area contributed by atoms with E-state index in [-0.39, 0.29) is 5.91 Å². The molecule has 0 atom stereocenters. The molecule has 1 aliphatic heterocycles. The normalized spacial score (nSPS) is 13.1. The van der Waals surface area contributed by atoms with Gasteiger partial charge in [0.1, 0.15) is 5.75 Å². The number of ether oxygens (including phenoxy) is 1. The number of rotatable bonds is 4. The van der Waals surface area contributed by atoms with Crippen LogP contribution >= 0.6 is 0 Å². The number of hydrogen-bond donors (Lipinski definition) is 1. The summed E-state index contributed by atoms with van der Waals surface area (Å²) < 4.78 is 5.59. The summed E-state index contributed by atoms with van der Waals surface area (Å²) in [5.74, 6) is 0.989. The van der Waals surface area contributed by atoms with Gasteiger partial charge in [-0.05, 0) is 41.7 Å². The molecule has 108 valence electrons. The van der Waals surface area contributed by atoms with Gasteiger partial charge < -0.3 is 10.1 Å². The summed E-state index contributed by atoms with van der Waals surface area (Å²) >= 11 is 0. The molecule has 1 aromatic heterocycles. The fourth-order valence-electron chi connectivity index (χ4n) is 2.47. The van der Waals surface area contributed by atoms with Crippen molar-refractivity contribution in [3.05, 3.63) is 59.4 Å². The molecule has 2 aromatic rings. The Hall–Kier alpha value is -2.36. The molecule has 1 aromatic carbocycles. The molecule has 0 aliphatic carbocycles. The van der Waals surface area contributed by atoms with Gasteiger partial charge in [-0.3, -0.25) is 9.78 Å². The van der Waals surface area contributed by atoms with Gasteiger partial charge in [-0.2, -0.15) is 0 Å². The standard InChI is InChI=1S/C17H18N2O2/c20-17(10-13-3-1-7-18-11-13)19-12-14-5-6-16-15(9-14)4-2-8-21-16/h1,3,5-7,9,11H,2,4,8,10,12H2,(H,19,20). The molecule has 3 rings (SSSR count). The van der Waals surface area contributed by atoms with Gasteiger partial charge >= 0.3 is 0 Å². The van der Waals surface area contributed by atoms with E-state index in [1.807, 2.05) is 24.3 Å². The lowest BCUT2D eigenvalue weighted by Crippen LogP contribution is -2.24. The predicted octanol–water partition coefficient (Wildman–Crippen LogP) is 2.27. The van der Waals surface area contributed by atoms with Crippen molar-refractivity contribution >= 4 is 5.91 Å². The maximum absolute atomic E-state index is 11.9. The van der Waals surface area contributed by atoms with Crippen molar-refractivity contribution in [3.63, 3.8) is 0 Å². The maximum Gasteiger partial charge on any atom is 0.224 e. The van der Waals surface area contributed by atoms with Crippen LogP contribution in [0.3, 0.4) is 0 Å². The second-order valence-electron chi connectivity index (χ2n) is 5.21. The minimum absolute atomic E-state index is 0.0111. The van der Waals surface area contributed by atoms with Crippen LogP contribution in [0.25, 0.3) is 0 Å². The summed E-state index contributed by atoms with van der Waals surface area (Å²) in [7, 11) is 0. The number of aryl methyl sites for hydroxylation is 1. The number of carbonyl (C=O) groups excluding carboxylic acids is 1. The second kappa shape index (κ2) is 6.39. The smallest absolute Gasteiger partial charge is 0.224 e. The molecule has 0 unspecified atom stereocenters. The van der Waals surface area contributed by atoms with Crippen LogP contribution in [0.5, 0.6) is 5.75 Å². The summed E-state index contributed by atoms with van der Waals surface area (Å²) in [6.07, 6.45) is 5.89. The van der Waals surface area contributed by atoms with Crippen molar-refractivity contribution in [2.75, 3.05) is 6.61 Å². The van der Waals surface area contributed by atoms with Gasteiger partial charge in [-0.1, -0.05) is 18.2 Å². The number of pyridine rings is 1. The largest absolute Gasteiger partial charge is 0.493 e. The number of amides is 1. The fraction of sp³-hybridized carbons (Fsp3) is 0.294. The van der Waals surface area contributed by atoms with Crippen LogP contribution in [0, 0.1) is 0 Å². The molecule has 0 saturated carbocycles. The third-order valence-corrected chi connectivity index (χ3v) is 3.55. The van der Waals surface area contributed by atoms with Crippen molar-refractivity contribution in [1.29, 1.82) is 0 Å². The summed E-state index contributed by atoms with van der Waals surface area (Å²) in [4.78, 5) is 15.9. The van der Waals surface area contributed by atoms with Gasteiger partial charge in [0.2, 0.25) is 5.91 Å². The summed E-state index contributed by atoms with van der Waals surface area (Å²) in [6, 6.07) is 9.87. The molecule has 0 radical (unpaired) electrons. The molecular weight excluding hydrogens is 264 g/mol. The zero-order chi connectivity index (χ0) is 14.5. The highest BCUT2D eigenvalue weighted by atomic mass is 16.5. The molecule has 2 heterocycles. The molecule has 0 bridgehead atoms. The van der Waals surface area contributed by atoms with Gasteiger partial charge in [0.25, 0.3) is 0 Å². The molecular formula is C17H18N2O2. The number of nitrogens with one attached hydrogen (secondary N) is 1. The van der Waals surface area contributed by atoms with E-state index in [4.69, 9.17) is 4.74 Å².